The first-order chi connectivity index (χ1) is 9.66. The summed E-state index contributed by atoms with van der Waals surface area (Å²) in [5.74, 6) is -0.210. The van der Waals surface area contributed by atoms with E-state index in [-0.39, 0.29) is 11.7 Å². The molecule has 0 atom stereocenters. The van der Waals surface area contributed by atoms with E-state index < -0.39 is 0 Å². The van der Waals surface area contributed by atoms with Crippen LogP contribution in [0.1, 0.15) is 36.2 Å². The maximum absolute atomic E-state index is 13.3. The quantitative estimate of drug-likeness (QED) is 0.783. The van der Waals surface area contributed by atoms with Crippen LogP contribution in [-0.2, 0) is 7.05 Å². The fourth-order valence-corrected chi connectivity index (χ4v) is 2.94. The van der Waals surface area contributed by atoms with Crippen molar-refractivity contribution < 1.29 is 9.18 Å². The van der Waals surface area contributed by atoms with E-state index in [1.807, 2.05) is 18.0 Å². The highest BCUT2D eigenvalue weighted by Crippen LogP contribution is 2.22. The van der Waals surface area contributed by atoms with Crippen molar-refractivity contribution in [1.82, 2.24) is 9.47 Å². The van der Waals surface area contributed by atoms with Crippen molar-refractivity contribution in [3.05, 3.63) is 35.8 Å². The van der Waals surface area contributed by atoms with E-state index in [4.69, 9.17) is 0 Å². The normalized spacial score (nSPS) is 16.4. The Bertz CT molecular complexity index is 639. The van der Waals surface area contributed by atoms with Crippen LogP contribution in [0.2, 0.25) is 0 Å². The number of halogens is 1. The molecule has 0 radical (unpaired) electrons. The second-order valence-electron chi connectivity index (χ2n) is 5.50. The lowest BCUT2D eigenvalue weighted by atomic mass is 10.2. The van der Waals surface area contributed by atoms with Gasteiger partial charge in [0.1, 0.15) is 11.5 Å². The number of carbonyl (C=O) groups is 1. The number of hydrogen-bond donors (Lipinski definition) is 0. The second-order valence-corrected chi connectivity index (χ2v) is 5.50. The number of hydrogen-bond acceptors (Lipinski definition) is 1. The Kier molecular flexibility index (Phi) is 3.47. The van der Waals surface area contributed by atoms with Crippen molar-refractivity contribution in [2.75, 3.05) is 13.1 Å². The SMILES string of the molecule is Cn1c(C(=O)N2CCCCCC2)cc2ccc(F)cc21. The van der Waals surface area contributed by atoms with E-state index >= 15 is 0 Å². The number of likely N-dealkylation sites (tertiary alicyclic amines) is 1. The third-order valence-electron chi connectivity index (χ3n) is 4.12. The smallest absolute Gasteiger partial charge is 0.270 e. The lowest BCUT2D eigenvalue weighted by Crippen LogP contribution is -2.33. The summed E-state index contributed by atoms with van der Waals surface area (Å²) in [5.41, 5.74) is 1.41. The monoisotopic (exact) mass is 274 g/mol. The fraction of sp³-hybridized carbons (Fsp3) is 0.438. The van der Waals surface area contributed by atoms with Crippen LogP contribution in [0, 0.1) is 5.82 Å². The van der Waals surface area contributed by atoms with Crippen molar-refractivity contribution in [2.45, 2.75) is 25.7 Å². The fourth-order valence-electron chi connectivity index (χ4n) is 2.94. The van der Waals surface area contributed by atoms with Crippen LogP contribution in [0.25, 0.3) is 10.9 Å². The van der Waals surface area contributed by atoms with Crippen LogP contribution in [0.15, 0.2) is 24.3 Å². The summed E-state index contributed by atoms with van der Waals surface area (Å²) in [6.45, 7) is 1.66. The van der Waals surface area contributed by atoms with Gasteiger partial charge in [-0.1, -0.05) is 12.8 Å². The van der Waals surface area contributed by atoms with E-state index in [2.05, 4.69) is 0 Å². The van der Waals surface area contributed by atoms with Crippen molar-refractivity contribution in [2.24, 2.45) is 7.05 Å². The third-order valence-corrected chi connectivity index (χ3v) is 4.12. The lowest BCUT2D eigenvalue weighted by molar-refractivity contribution is 0.0752. The molecule has 1 amide bonds. The van der Waals surface area contributed by atoms with Crippen molar-refractivity contribution in [3.63, 3.8) is 0 Å². The molecule has 2 aromatic rings. The number of aromatic nitrogens is 1. The topological polar surface area (TPSA) is 25.2 Å². The van der Waals surface area contributed by atoms with E-state index in [0.29, 0.717) is 5.69 Å². The number of benzene rings is 1. The number of nitrogens with zero attached hydrogens (tertiary/aromatic N) is 2. The van der Waals surface area contributed by atoms with Crippen molar-refractivity contribution in [3.8, 4) is 0 Å². The van der Waals surface area contributed by atoms with Gasteiger partial charge in [0.25, 0.3) is 5.91 Å². The summed E-state index contributed by atoms with van der Waals surface area (Å²) in [6.07, 6.45) is 4.54. The average molecular weight is 274 g/mol. The Morgan fingerprint density at radius 1 is 1.10 bits per heavy atom. The predicted molar refractivity (Wildman–Crippen MR) is 77.2 cm³/mol. The van der Waals surface area contributed by atoms with E-state index in [0.717, 1.165) is 36.8 Å². The van der Waals surface area contributed by atoms with Gasteiger partial charge in [-0.3, -0.25) is 4.79 Å². The molecule has 20 heavy (non-hydrogen) atoms. The third kappa shape index (κ3) is 2.30. The molecule has 2 heterocycles. The Labute approximate surface area is 118 Å². The van der Waals surface area contributed by atoms with Crippen LogP contribution in [-0.4, -0.2) is 28.5 Å². The standard InChI is InChI=1S/C16H19FN2O/c1-18-14-11-13(17)7-6-12(14)10-15(18)16(20)19-8-4-2-3-5-9-19/h6-7,10-11H,2-5,8-9H2,1H3. The number of rotatable bonds is 1. The molecule has 3 nitrogen and oxygen atoms in total. The average Bonchev–Trinajstić information content (AvgIpc) is 2.66. The minimum absolute atomic E-state index is 0.0611. The maximum atomic E-state index is 13.3. The Morgan fingerprint density at radius 2 is 1.80 bits per heavy atom. The van der Waals surface area contributed by atoms with Gasteiger partial charge in [-0.15, -0.1) is 0 Å². The van der Waals surface area contributed by atoms with Gasteiger partial charge >= 0.3 is 0 Å². The summed E-state index contributed by atoms with van der Waals surface area (Å²) in [5, 5.41) is 0.909. The molecule has 1 aromatic heterocycles. The van der Waals surface area contributed by atoms with Crippen LogP contribution in [0.3, 0.4) is 0 Å². The molecule has 0 aliphatic carbocycles. The molecule has 106 valence electrons. The predicted octanol–water partition coefficient (Wildman–Crippen LogP) is 3.33. The molecule has 0 unspecified atom stereocenters. The minimum atomic E-state index is -0.271. The molecule has 1 saturated heterocycles. The summed E-state index contributed by atoms with van der Waals surface area (Å²) < 4.78 is 15.1. The number of amides is 1. The van der Waals surface area contributed by atoms with Gasteiger partial charge in [-0.2, -0.15) is 0 Å². The van der Waals surface area contributed by atoms with Gasteiger partial charge in [-0.25, -0.2) is 4.39 Å². The maximum Gasteiger partial charge on any atom is 0.270 e. The van der Waals surface area contributed by atoms with Gasteiger partial charge in [0, 0.05) is 25.5 Å². The van der Waals surface area contributed by atoms with Crippen LogP contribution < -0.4 is 0 Å². The molecule has 3 rings (SSSR count). The van der Waals surface area contributed by atoms with E-state index in [1.54, 1.807) is 10.6 Å². The Morgan fingerprint density at radius 3 is 2.50 bits per heavy atom. The number of fused-ring (bicyclic) bond motifs is 1. The summed E-state index contributed by atoms with van der Waals surface area (Å²) >= 11 is 0. The van der Waals surface area contributed by atoms with E-state index in [9.17, 15) is 9.18 Å². The minimum Gasteiger partial charge on any atom is -0.340 e. The molecular formula is C16H19FN2O. The van der Waals surface area contributed by atoms with Gasteiger partial charge in [0.15, 0.2) is 0 Å². The zero-order valence-corrected chi connectivity index (χ0v) is 11.7. The zero-order chi connectivity index (χ0) is 14.1. The van der Waals surface area contributed by atoms with Crippen LogP contribution in [0.5, 0.6) is 0 Å². The molecule has 1 aromatic carbocycles. The Hall–Kier alpha value is -1.84. The summed E-state index contributed by atoms with van der Waals surface area (Å²) in [4.78, 5) is 14.6. The largest absolute Gasteiger partial charge is 0.340 e. The van der Waals surface area contributed by atoms with Gasteiger partial charge in [0.05, 0.1) is 5.52 Å². The van der Waals surface area contributed by atoms with Crippen molar-refractivity contribution in [1.29, 1.82) is 0 Å². The van der Waals surface area contributed by atoms with Crippen LogP contribution >= 0.6 is 0 Å². The molecule has 0 N–H and O–H groups in total. The first kappa shape index (κ1) is 13.2. The molecule has 0 saturated carbocycles. The number of aryl methyl sites for hydroxylation is 1. The summed E-state index contributed by atoms with van der Waals surface area (Å²) in [6, 6.07) is 6.50. The first-order valence-electron chi connectivity index (χ1n) is 7.21. The van der Waals surface area contributed by atoms with Crippen molar-refractivity contribution >= 4 is 16.8 Å². The Balaban J connectivity index is 1.96. The molecule has 4 heteroatoms. The highest BCUT2D eigenvalue weighted by Gasteiger charge is 2.21. The van der Waals surface area contributed by atoms with Gasteiger partial charge in [-0.05, 0) is 37.1 Å². The molecule has 1 aliphatic rings. The molecule has 1 aliphatic heterocycles. The van der Waals surface area contributed by atoms with Gasteiger partial charge < -0.3 is 9.47 Å². The van der Waals surface area contributed by atoms with E-state index in [1.165, 1.54) is 25.0 Å². The highest BCUT2D eigenvalue weighted by atomic mass is 19.1. The first-order valence-corrected chi connectivity index (χ1v) is 7.21. The second kappa shape index (κ2) is 5.27. The molecule has 1 fully saturated rings. The lowest BCUT2D eigenvalue weighted by Gasteiger charge is -2.20. The summed E-state index contributed by atoms with van der Waals surface area (Å²) in [7, 11) is 1.83. The van der Waals surface area contributed by atoms with Gasteiger partial charge in [0.2, 0.25) is 0 Å². The molecule has 0 bridgehead atoms. The zero-order valence-electron chi connectivity index (χ0n) is 11.7. The van der Waals surface area contributed by atoms with Crippen LogP contribution in [0.4, 0.5) is 4.39 Å². The number of carbonyl (C=O) groups excluding carboxylic acids is 1. The highest BCUT2D eigenvalue weighted by molar-refractivity contribution is 5.98. The molecule has 0 spiro atoms. The molecular weight excluding hydrogens is 255 g/mol.